The average Bonchev–Trinajstić information content (AvgIpc) is 3.11. The Morgan fingerprint density at radius 3 is 0.833 bits per heavy atom. The average molecular weight is 713 g/mol. The Hall–Kier alpha value is -5.08. The van der Waals surface area contributed by atoms with Crippen molar-refractivity contribution < 1.29 is 0 Å². The third-order valence-corrected chi connectivity index (χ3v) is 10.4. The summed E-state index contributed by atoms with van der Waals surface area (Å²) in [7, 11) is 0. The Balaban J connectivity index is 1.69. The van der Waals surface area contributed by atoms with Gasteiger partial charge in [-0.1, -0.05) is 162 Å². The third kappa shape index (κ3) is 8.65. The Kier molecular flexibility index (Phi) is 10.5. The highest BCUT2D eigenvalue weighted by molar-refractivity contribution is 5.88. The molecule has 0 bridgehead atoms. The molecule has 0 fully saturated rings. The number of nitrogens with zero attached hydrogens (tertiary/aromatic N) is 2. The van der Waals surface area contributed by atoms with Gasteiger partial charge in [0.1, 0.15) is 0 Å². The van der Waals surface area contributed by atoms with Crippen molar-refractivity contribution in [3.63, 3.8) is 0 Å². The molecule has 0 heterocycles. The highest BCUT2D eigenvalue weighted by Crippen LogP contribution is 2.45. The van der Waals surface area contributed by atoms with Crippen LogP contribution in [0.25, 0.3) is 11.1 Å². The van der Waals surface area contributed by atoms with E-state index in [-0.39, 0.29) is 21.7 Å². The lowest BCUT2D eigenvalue weighted by Gasteiger charge is -2.33. The van der Waals surface area contributed by atoms with Crippen LogP contribution in [0.2, 0.25) is 0 Å². The van der Waals surface area contributed by atoms with Gasteiger partial charge in [0.15, 0.2) is 0 Å². The third-order valence-electron chi connectivity index (χ3n) is 10.4. The van der Waals surface area contributed by atoms with Crippen molar-refractivity contribution in [3.05, 3.63) is 168 Å². The summed E-state index contributed by atoms with van der Waals surface area (Å²) < 4.78 is 0. The maximum absolute atomic E-state index is 2.45. The summed E-state index contributed by atoms with van der Waals surface area (Å²) in [6, 6.07) is 54.3. The molecule has 2 heteroatoms. The van der Waals surface area contributed by atoms with E-state index in [0.717, 1.165) is 39.7 Å². The van der Waals surface area contributed by atoms with E-state index in [1.165, 1.54) is 27.8 Å². The van der Waals surface area contributed by atoms with E-state index in [1.807, 2.05) is 0 Å². The summed E-state index contributed by atoms with van der Waals surface area (Å²) in [6.45, 7) is 27.5. The first-order valence-electron chi connectivity index (χ1n) is 19.5. The van der Waals surface area contributed by atoms with Gasteiger partial charge in [-0.25, -0.2) is 0 Å². The van der Waals surface area contributed by atoms with Gasteiger partial charge in [0.2, 0.25) is 0 Å². The number of hydrogen-bond acceptors (Lipinski definition) is 2. The van der Waals surface area contributed by atoms with Gasteiger partial charge in [-0.3, -0.25) is 0 Å². The van der Waals surface area contributed by atoms with Gasteiger partial charge < -0.3 is 9.80 Å². The molecule has 0 N–H and O–H groups in total. The molecule has 0 saturated carbocycles. The zero-order valence-corrected chi connectivity index (χ0v) is 34.8. The summed E-state index contributed by atoms with van der Waals surface area (Å²) in [5.41, 5.74) is 14.3. The number of hydrogen-bond donors (Lipinski definition) is 0. The minimum absolute atomic E-state index is 0.00106. The monoisotopic (exact) mass is 712 g/mol. The standard InChI is InChI=1S/C52H60N2/c1-49(2,3)39-22-16-26-43(32-39)53(44-27-17-23-40(33-44)50(4,5)6)47-30-38(37-20-14-13-15-21-37)31-48(36-47)54(45-28-18-24-41(34-45)51(7,8)9)46-29-19-25-42(35-46)52(10,11)12/h13-36H,1-12H3. The molecule has 0 aliphatic heterocycles. The summed E-state index contributed by atoms with van der Waals surface area (Å²) >= 11 is 0. The molecular weight excluding hydrogens is 653 g/mol. The summed E-state index contributed by atoms with van der Waals surface area (Å²) in [4.78, 5) is 4.91. The first kappa shape index (κ1) is 38.6. The van der Waals surface area contributed by atoms with Crippen LogP contribution in [0.15, 0.2) is 146 Å². The first-order valence-corrected chi connectivity index (χ1v) is 19.5. The van der Waals surface area contributed by atoms with Gasteiger partial charge in [-0.15, -0.1) is 0 Å². The lowest BCUT2D eigenvalue weighted by Crippen LogP contribution is -2.18. The van der Waals surface area contributed by atoms with Crippen molar-refractivity contribution in [2.24, 2.45) is 0 Å². The van der Waals surface area contributed by atoms with Crippen LogP contribution in [0.1, 0.15) is 105 Å². The largest absolute Gasteiger partial charge is 0.310 e. The molecule has 278 valence electrons. The molecule has 0 atom stereocenters. The van der Waals surface area contributed by atoms with Crippen LogP contribution in [0.3, 0.4) is 0 Å². The molecule has 0 aliphatic rings. The van der Waals surface area contributed by atoms with Crippen molar-refractivity contribution >= 4 is 34.1 Å². The van der Waals surface area contributed by atoms with Crippen LogP contribution in [-0.2, 0) is 21.7 Å². The first-order chi connectivity index (χ1) is 25.3. The molecule has 54 heavy (non-hydrogen) atoms. The molecule has 0 saturated heterocycles. The van der Waals surface area contributed by atoms with E-state index in [4.69, 9.17) is 0 Å². The van der Waals surface area contributed by atoms with Gasteiger partial charge in [0.25, 0.3) is 0 Å². The van der Waals surface area contributed by atoms with Gasteiger partial charge in [-0.05, 0) is 122 Å². The molecule has 0 radical (unpaired) electrons. The minimum Gasteiger partial charge on any atom is -0.310 e. The lowest BCUT2D eigenvalue weighted by molar-refractivity contribution is 0.589. The SMILES string of the molecule is CC(C)(C)c1cccc(N(c2cc(-c3ccccc3)cc(N(c3cccc(C(C)(C)C)c3)c3cccc(C(C)(C)C)c3)c2)c2cccc(C(C)(C)C)c2)c1. The zero-order chi connectivity index (χ0) is 39.1. The van der Waals surface area contributed by atoms with Gasteiger partial charge >= 0.3 is 0 Å². The topological polar surface area (TPSA) is 6.48 Å². The molecule has 0 unspecified atom stereocenters. The van der Waals surface area contributed by atoms with E-state index in [2.05, 4.69) is 238 Å². The van der Waals surface area contributed by atoms with Crippen molar-refractivity contribution in [2.75, 3.05) is 9.80 Å². The predicted octanol–water partition coefficient (Wildman–Crippen LogP) is 15.5. The van der Waals surface area contributed by atoms with Gasteiger partial charge in [0.05, 0.1) is 0 Å². The molecule has 6 rings (SSSR count). The molecule has 0 aromatic heterocycles. The molecular formula is C52H60N2. The van der Waals surface area contributed by atoms with Crippen molar-refractivity contribution in [2.45, 2.75) is 105 Å². The second-order valence-corrected chi connectivity index (χ2v) is 19.0. The molecule has 6 aromatic carbocycles. The Labute approximate surface area is 326 Å². The Bertz CT molecular complexity index is 1960. The maximum atomic E-state index is 2.45. The highest BCUT2D eigenvalue weighted by Gasteiger charge is 2.25. The fourth-order valence-electron chi connectivity index (χ4n) is 6.99. The zero-order valence-electron chi connectivity index (χ0n) is 34.8. The van der Waals surface area contributed by atoms with Gasteiger partial charge in [-0.2, -0.15) is 0 Å². The minimum atomic E-state index is -0.00106. The van der Waals surface area contributed by atoms with Crippen molar-refractivity contribution in [3.8, 4) is 11.1 Å². The predicted molar refractivity (Wildman–Crippen MR) is 236 cm³/mol. The number of benzene rings is 6. The van der Waals surface area contributed by atoms with Gasteiger partial charge in [0, 0.05) is 34.1 Å². The molecule has 2 nitrogen and oxygen atoms in total. The summed E-state index contributed by atoms with van der Waals surface area (Å²) in [5, 5.41) is 0. The Morgan fingerprint density at radius 1 is 0.259 bits per heavy atom. The van der Waals surface area contributed by atoms with Crippen LogP contribution >= 0.6 is 0 Å². The van der Waals surface area contributed by atoms with Crippen LogP contribution in [0.4, 0.5) is 34.1 Å². The fourth-order valence-corrected chi connectivity index (χ4v) is 6.99. The van der Waals surface area contributed by atoms with E-state index in [9.17, 15) is 0 Å². The smallest absolute Gasteiger partial charge is 0.0488 e. The quantitative estimate of drug-likeness (QED) is 0.163. The molecule has 6 aromatic rings. The lowest BCUT2D eigenvalue weighted by atomic mass is 9.86. The van der Waals surface area contributed by atoms with E-state index >= 15 is 0 Å². The highest BCUT2D eigenvalue weighted by atomic mass is 15.2. The van der Waals surface area contributed by atoms with Crippen LogP contribution in [0.5, 0.6) is 0 Å². The van der Waals surface area contributed by atoms with Crippen LogP contribution < -0.4 is 9.80 Å². The maximum Gasteiger partial charge on any atom is 0.0488 e. The van der Waals surface area contributed by atoms with Crippen LogP contribution in [-0.4, -0.2) is 0 Å². The van der Waals surface area contributed by atoms with Crippen molar-refractivity contribution in [1.82, 2.24) is 0 Å². The van der Waals surface area contributed by atoms with Crippen LogP contribution in [0, 0.1) is 0 Å². The van der Waals surface area contributed by atoms with Crippen molar-refractivity contribution in [1.29, 1.82) is 0 Å². The van der Waals surface area contributed by atoms with E-state index in [0.29, 0.717) is 0 Å². The molecule has 0 aliphatic carbocycles. The number of rotatable bonds is 7. The summed E-state index contributed by atoms with van der Waals surface area (Å²) in [6.07, 6.45) is 0. The Morgan fingerprint density at radius 2 is 0.556 bits per heavy atom. The fraction of sp³-hybridized carbons (Fsp3) is 0.308. The second-order valence-electron chi connectivity index (χ2n) is 19.0. The molecule has 0 spiro atoms. The second kappa shape index (κ2) is 14.6. The summed E-state index contributed by atoms with van der Waals surface area (Å²) in [5.74, 6) is 0. The normalized spacial score (nSPS) is 12.4. The number of anilines is 6. The van der Waals surface area contributed by atoms with E-state index in [1.54, 1.807) is 0 Å². The van der Waals surface area contributed by atoms with E-state index < -0.39 is 0 Å². The molecule has 0 amide bonds.